The van der Waals surface area contributed by atoms with Crippen molar-refractivity contribution in [2.24, 2.45) is 0 Å². The van der Waals surface area contributed by atoms with Gasteiger partial charge in [-0.25, -0.2) is 8.42 Å². The molecule has 0 amide bonds. The van der Waals surface area contributed by atoms with Gasteiger partial charge in [0.25, 0.3) is 0 Å². The van der Waals surface area contributed by atoms with E-state index in [2.05, 4.69) is 11.8 Å². The Labute approximate surface area is 160 Å². The lowest BCUT2D eigenvalue weighted by Crippen LogP contribution is -2.43. The normalized spacial score (nSPS) is 17.5. The molecule has 1 fully saturated rings. The van der Waals surface area contributed by atoms with Crippen molar-refractivity contribution < 1.29 is 22.4 Å². The highest BCUT2D eigenvalue weighted by Crippen LogP contribution is 2.11. The Morgan fingerprint density at radius 1 is 0.962 bits per heavy atom. The van der Waals surface area contributed by atoms with Crippen molar-refractivity contribution in [3.63, 3.8) is 0 Å². The number of morpholine rings is 1. The largest absolute Gasteiger partial charge is 0.748 e. The zero-order valence-corrected chi connectivity index (χ0v) is 17.3. The molecule has 1 atom stereocenters. The molecule has 26 heavy (non-hydrogen) atoms. The average molecular weight is 393 g/mol. The Balaban J connectivity index is 2.09. The molecule has 6 nitrogen and oxygen atoms in total. The molecule has 1 aliphatic rings. The molecule has 1 rings (SSSR count). The topological polar surface area (TPSA) is 78.9 Å². The van der Waals surface area contributed by atoms with Crippen molar-refractivity contribution in [2.45, 2.75) is 77.2 Å². The summed E-state index contributed by atoms with van der Waals surface area (Å²) in [5, 5.41) is 0. The molecule has 1 saturated heterocycles. The van der Waals surface area contributed by atoms with Crippen molar-refractivity contribution in [3.05, 3.63) is 0 Å². The second kappa shape index (κ2) is 14.8. The van der Waals surface area contributed by atoms with E-state index in [9.17, 15) is 13.0 Å². The molecule has 0 bridgehead atoms. The summed E-state index contributed by atoms with van der Waals surface area (Å²) in [5.74, 6) is -0.442. The Morgan fingerprint density at radius 2 is 1.50 bits per heavy atom. The highest BCUT2D eigenvalue weighted by Gasteiger charge is 2.19. The van der Waals surface area contributed by atoms with Gasteiger partial charge in [0.05, 0.1) is 35.2 Å². The SMILES string of the molecule is CCCCCCCCCCCCOC(CN1CCOCC1)CS(=O)(=O)[O-]. The maximum absolute atomic E-state index is 11.1. The molecule has 1 heterocycles. The Morgan fingerprint density at radius 3 is 2.04 bits per heavy atom. The van der Waals surface area contributed by atoms with E-state index in [0.717, 1.165) is 25.9 Å². The van der Waals surface area contributed by atoms with Crippen molar-refractivity contribution >= 4 is 10.1 Å². The van der Waals surface area contributed by atoms with Crippen molar-refractivity contribution in [1.82, 2.24) is 4.90 Å². The molecule has 0 spiro atoms. The molecule has 0 aliphatic carbocycles. The van der Waals surface area contributed by atoms with E-state index in [-0.39, 0.29) is 0 Å². The molecule has 7 heteroatoms. The third-order valence-electron chi connectivity index (χ3n) is 4.81. The minimum atomic E-state index is -4.27. The molecular formula is C19H38NO5S-. The van der Waals surface area contributed by atoms with Gasteiger partial charge in [0.15, 0.2) is 0 Å². The van der Waals surface area contributed by atoms with Gasteiger partial charge in [0.2, 0.25) is 0 Å². The molecule has 1 unspecified atom stereocenters. The third-order valence-corrected chi connectivity index (χ3v) is 5.59. The van der Waals surface area contributed by atoms with Gasteiger partial charge in [-0.2, -0.15) is 0 Å². The Hall–Kier alpha value is -0.210. The van der Waals surface area contributed by atoms with Gasteiger partial charge in [-0.15, -0.1) is 0 Å². The zero-order valence-electron chi connectivity index (χ0n) is 16.5. The van der Waals surface area contributed by atoms with Crippen LogP contribution in [-0.2, 0) is 19.6 Å². The fourth-order valence-electron chi connectivity index (χ4n) is 3.29. The van der Waals surface area contributed by atoms with Crippen LogP contribution in [0.25, 0.3) is 0 Å². The van der Waals surface area contributed by atoms with Gasteiger partial charge in [-0.1, -0.05) is 64.7 Å². The van der Waals surface area contributed by atoms with Crippen LogP contribution >= 0.6 is 0 Å². The van der Waals surface area contributed by atoms with Gasteiger partial charge in [0.1, 0.15) is 0 Å². The van der Waals surface area contributed by atoms with Crippen LogP contribution in [0.2, 0.25) is 0 Å². The number of hydrogen-bond acceptors (Lipinski definition) is 6. The second-order valence-corrected chi connectivity index (χ2v) is 8.76. The third kappa shape index (κ3) is 13.9. The van der Waals surface area contributed by atoms with Gasteiger partial charge >= 0.3 is 0 Å². The number of nitrogens with zero attached hydrogens (tertiary/aromatic N) is 1. The molecule has 0 aromatic rings. The second-order valence-electron chi connectivity index (χ2n) is 7.31. The summed E-state index contributed by atoms with van der Waals surface area (Å²) in [6, 6.07) is 0. The van der Waals surface area contributed by atoms with Crippen LogP contribution in [0.1, 0.15) is 71.1 Å². The maximum atomic E-state index is 11.1. The lowest BCUT2D eigenvalue weighted by atomic mass is 10.1. The molecule has 1 aliphatic heterocycles. The summed E-state index contributed by atoms with van der Waals surface area (Å²) in [6.07, 6.45) is 11.9. The lowest BCUT2D eigenvalue weighted by Gasteiger charge is -2.30. The van der Waals surface area contributed by atoms with E-state index in [1.807, 2.05) is 0 Å². The fraction of sp³-hybridized carbons (Fsp3) is 1.00. The van der Waals surface area contributed by atoms with Gasteiger partial charge in [-0.3, -0.25) is 4.90 Å². The van der Waals surface area contributed by atoms with Gasteiger partial charge in [-0.05, 0) is 6.42 Å². The van der Waals surface area contributed by atoms with Gasteiger partial charge in [0, 0.05) is 26.2 Å². The lowest BCUT2D eigenvalue weighted by molar-refractivity contribution is -0.00572. The first-order valence-electron chi connectivity index (χ1n) is 10.4. The first-order chi connectivity index (χ1) is 12.5. The molecule has 0 radical (unpaired) electrons. The molecular weight excluding hydrogens is 354 g/mol. The number of hydrogen-bond donors (Lipinski definition) is 0. The number of unbranched alkanes of at least 4 members (excludes halogenated alkanes) is 9. The number of ether oxygens (including phenoxy) is 2. The molecule has 0 aromatic carbocycles. The van der Waals surface area contributed by atoms with E-state index in [1.54, 1.807) is 0 Å². The molecule has 0 saturated carbocycles. The van der Waals surface area contributed by atoms with Crippen molar-refractivity contribution in [1.29, 1.82) is 0 Å². The van der Waals surface area contributed by atoms with Crippen LogP contribution in [0.15, 0.2) is 0 Å². The Bertz CT molecular complexity index is 424. The first-order valence-corrected chi connectivity index (χ1v) is 11.9. The minimum absolute atomic E-state index is 0.442. The first kappa shape index (κ1) is 23.8. The summed E-state index contributed by atoms with van der Waals surface area (Å²) in [4.78, 5) is 2.11. The van der Waals surface area contributed by atoms with Crippen molar-refractivity contribution in [2.75, 3.05) is 45.2 Å². The minimum Gasteiger partial charge on any atom is -0.748 e. The predicted octanol–water partition coefficient (Wildman–Crippen LogP) is 3.17. The monoisotopic (exact) mass is 392 g/mol. The highest BCUT2D eigenvalue weighted by molar-refractivity contribution is 7.85. The van der Waals surface area contributed by atoms with Crippen LogP contribution in [-0.4, -0.2) is 69.2 Å². The van der Waals surface area contributed by atoms with Crippen LogP contribution in [0.5, 0.6) is 0 Å². The van der Waals surface area contributed by atoms with E-state index >= 15 is 0 Å². The summed E-state index contributed by atoms with van der Waals surface area (Å²) in [5.41, 5.74) is 0. The summed E-state index contributed by atoms with van der Waals surface area (Å²) in [7, 11) is -4.27. The molecule has 156 valence electrons. The van der Waals surface area contributed by atoms with Gasteiger partial charge < -0.3 is 14.0 Å². The summed E-state index contributed by atoms with van der Waals surface area (Å²) < 4.78 is 44.3. The maximum Gasteiger partial charge on any atom is 0.0972 e. The van der Waals surface area contributed by atoms with Crippen LogP contribution < -0.4 is 0 Å². The van der Waals surface area contributed by atoms with E-state index in [0.29, 0.717) is 26.4 Å². The molecule has 0 aromatic heterocycles. The standard InChI is InChI=1S/C19H39NO5S/c1-2-3-4-5-6-7-8-9-10-11-14-25-19(18-26(21,22)23)17-20-12-15-24-16-13-20/h19H,2-18H2,1H3,(H,21,22,23)/p-1. The quantitative estimate of drug-likeness (QED) is 0.296. The summed E-state index contributed by atoms with van der Waals surface area (Å²) >= 11 is 0. The zero-order chi connectivity index (χ0) is 19.1. The van der Waals surface area contributed by atoms with Crippen LogP contribution in [0.4, 0.5) is 0 Å². The van der Waals surface area contributed by atoms with Crippen molar-refractivity contribution in [3.8, 4) is 0 Å². The van der Waals surface area contributed by atoms with E-state index < -0.39 is 22.0 Å². The molecule has 0 N–H and O–H groups in total. The van der Waals surface area contributed by atoms with E-state index in [1.165, 1.54) is 51.4 Å². The Kier molecular flexibility index (Phi) is 13.6. The highest BCUT2D eigenvalue weighted by atomic mass is 32.2. The van der Waals surface area contributed by atoms with Crippen LogP contribution in [0, 0.1) is 0 Å². The fourth-order valence-corrected chi connectivity index (χ4v) is 3.95. The van der Waals surface area contributed by atoms with Crippen LogP contribution in [0.3, 0.4) is 0 Å². The smallest absolute Gasteiger partial charge is 0.0972 e. The average Bonchev–Trinajstić information content (AvgIpc) is 2.59. The summed E-state index contributed by atoms with van der Waals surface area (Å²) in [6.45, 7) is 6.07. The predicted molar refractivity (Wildman–Crippen MR) is 103 cm³/mol. The number of rotatable bonds is 16. The van der Waals surface area contributed by atoms with E-state index in [4.69, 9.17) is 9.47 Å².